The lowest BCUT2D eigenvalue weighted by Crippen LogP contribution is -2.13. The highest BCUT2D eigenvalue weighted by atomic mass is 31.2. The first-order valence-corrected chi connectivity index (χ1v) is 10.3. The number of benzene rings is 1. The average Bonchev–Trinajstić information content (AvgIpc) is 2.58. The van der Waals surface area contributed by atoms with Gasteiger partial charge >= 0.3 is 16.5 Å². The number of fused-ring (bicyclic) bond motifs is 8. The van der Waals surface area contributed by atoms with E-state index in [1.807, 2.05) is 0 Å². The van der Waals surface area contributed by atoms with Crippen LogP contribution < -0.4 is 0 Å². The second kappa shape index (κ2) is 8.41. The van der Waals surface area contributed by atoms with Crippen LogP contribution in [-0.2, 0) is 61.4 Å². The van der Waals surface area contributed by atoms with Gasteiger partial charge in [-0.2, -0.15) is 0 Å². The third-order valence-electron chi connectivity index (χ3n) is 4.36. The third kappa shape index (κ3) is 3.87. The molecule has 0 saturated heterocycles. The van der Waals surface area contributed by atoms with Crippen LogP contribution in [0.5, 0.6) is 0 Å². The van der Waals surface area contributed by atoms with E-state index in [0.717, 1.165) is 36.8 Å². The largest absolute Gasteiger partial charge is 0.748 e. The Balaban J connectivity index is 2.74. The van der Waals surface area contributed by atoms with Crippen molar-refractivity contribution in [2.24, 2.45) is 0 Å². The van der Waals surface area contributed by atoms with Crippen molar-refractivity contribution >= 4 is 16.5 Å². The molecule has 5 nitrogen and oxygen atoms in total. The molecule has 2 heterocycles. The molecular formula is C16H24O5P2+2. The summed E-state index contributed by atoms with van der Waals surface area (Å²) in [5.41, 5.74) is 7.16. The van der Waals surface area contributed by atoms with E-state index in [2.05, 4.69) is 27.7 Å². The maximum atomic E-state index is 11.8. The predicted octanol–water partition coefficient (Wildman–Crippen LogP) is 5.31. The van der Waals surface area contributed by atoms with Crippen LogP contribution in [0, 0.1) is 0 Å². The monoisotopic (exact) mass is 358 g/mol. The Morgan fingerprint density at radius 3 is 1.26 bits per heavy atom. The number of hydrogen-bond donors (Lipinski definition) is 0. The fraction of sp³-hybridized carbons (Fsp3) is 0.625. The number of hydrogen-bond acceptors (Lipinski definition) is 5. The minimum Gasteiger partial charge on any atom is -0.111 e. The lowest BCUT2D eigenvalue weighted by atomic mass is 9.83. The average molecular weight is 358 g/mol. The van der Waals surface area contributed by atoms with E-state index in [-0.39, 0.29) is 13.2 Å². The van der Waals surface area contributed by atoms with Crippen LogP contribution >= 0.6 is 16.5 Å². The van der Waals surface area contributed by atoms with Crippen LogP contribution in [0.2, 0.25) is 0 Å². The summed E-state index contributed by atoms with van der Waals surface area (Å²) in [7, 11) is -4.90. The van der Waals surface area contributed by atoms with Gasteiger partial charge in [0.25, 0.3) is 0 Å². The zero-order valence-corrected chi connectivity index (χ0v) is 16.0. The minimum atomic E-state index is -2.45. The van der Waals surface area contributed by atoms with Crippen molar-refractivity contribution in [3.05, 3.63) is 33.4 Å². The molecule has 23 heavy (non-hydrogen) atoms. The molecule has 0 fully saturated rings. The normalized spacial score (nSPS) is 19.0. The fourth-order valence-electron chi connectivity index (χ4n) is 3.48. The van der Waals surface area contributed by atoms with Crippen molar-refractivity contribution in [2.45, 2.75) is 66.6 Å². The van der Waals surface area contributed by atoms with E-state index in [4.69, 9.17) is 13.4 Å². The van der Waals surface area contributed by atoms with Gasteiger partial charge in [-0.15, -0.1) is 9.05 Å². The predicted molar refractivity (Wildman–Crippen MR) is 89.8 cm³/mol. The highest BCUT2D eigenvalue weighted by Gasteiger charge is 2.41. The van der Waals surface area contributed by atoms with Crippen LogP contribution in [0.15, 0.2) is 0 Å². The summed E-state index contributed by atoms with van der Waals surface area (Å²) >= 11 is 0. The first-order valence-electron chi connectivity index (χ1n) is 8.12. The summed E-state index contributed by atoms with van der Waals surface area (Å²) in [6.07, 6.45) is 3.48. The molecule has 0 aromatic heterocycles. The van der Waals surface area contributed by atoms with E-state index >= 15 is 0 Å². The molecule has 7 heteroatoms. The maximum absolute atomic E-state index is 11.8. The van der Waals surface area contributed by atoms with Crippen molar-refractivity contribution in [1.29, 1.82) is 0 Å². The molecule has 0 aliphatic carbocycles. The van der Waals surface area contributed by atoms with Gasteiger partial charge in [0.1, 0.15) is 13.2 Å². The van der Waals surface area contributed by atoms with E-state index in [1.54, 1.807) is 0 Å². The summed E-state index contributed by atoms with van der Waals surface area (Å²) in [6, 6.07) is 0. The van der Waals surface area contributed by atoms with Crippen LogP contribution in [0.3, 0.4) is 0 Å². The molecule has 3 rings (SSSR count). The van der Waals surface area contributed by atoms with Gasteiger partial charge in [-0.25, -0.2) is 0 Å². The minimum absolute atomic E-state index is 0.213. The molecule has 126 valence electrons. The Bertz CT molecular complexity index is 541. The fourth-order valence-corrected chi connectivity index (χ4v) is 4.77. The lowest BCUT2D eigenvalue weighted by Gasteiger charge is -2.23. The zero-order chi connectivity index (χ0) is 17.0. The van der Waals surface area contributed by atoms with Gasteiger partial charge in [-0.1, -0.05) is 27.7 Å². The lowest BCUT2D eigenvalue weighted by molar-refractivity contribution is 0.245. The second-order valence-electron chi connectivity index (χ2n) is 5.36. The zero-order valence-electron chi connectivity index (χ0n) is 14.2. The van der Waals surface area contributed by atoms with E-state index in [0.29, 0.717) is 0 Å². The van der Waals surface area contributed by atoms with Crippen molar-refractivity contribution in [3.63, 3.8) is 0 Å². The van der Waals surface area contributed by atoms with Crippen molar-refractivity contribution in [2.75, 3.05) is 0 Å². The Morgan fingerprint density at radius 2 is 1.00 bits per heavy atom. The van der Waals surface area contributed by atoms with Crippen LogP contribution in [0.1, 0.15) is 61.1 Å². The van der Waals surface area contributed by atoms with Gasteiger partial charge in [0.05, 0.1) is 0 Å². The summed E-state index contributed by atoms with van der Waals surface area (Å²) in [5.74, 6) is 0. The van der Waals surface area contributed by atoms with Crippen molar-refractivity contribution < 1.29 is 22.5 Å². The summed E-state index contributed by atoms with van der Waals surface area (Å²) < 4.78 is 39.0. The molecule has 2 bridgehead atoms. The van der Waals surface area contributed by atoms with Gasteiger partial charge in [0.2, 0.25) is 0 Å². The van der Waals surface area contributed by atoms with Crippen LogP contribution in [-0.4, -0.2) is 0 Å². The second-order valence-corrected chi connectivity index (χ2v) is 7.43. The Labute approximate surface area is 139 Å². The molecule has 2 unspecified atom stereocenters. The van der Waals surface area contributed by atoms with Gasteiger partial charge in [-0.05, 0) is 59.1 Å². The molecule has 0 saturated carbocycles. The summed E-state index contributed by atoms with van der Waals surface area (Å²) in [4.78, 5) is 0. The molecule has 0 N–H and O–H groups in total. The molecule has 0 amide bonds. The molecule has 1 aromatic carbocycles. The standard InChI is InChI=1S/C16H24O5P2/c1-5-11-12(6-2)16-10-20-23(18)21-22(17)19-9-15(11)13(7-3)14(16)8-4/h5-10H2,1-4H3/q+2. The van der Waals surface area contributed by atoms with Crippen LogP contribution in [0.25, 0.3) is 0 Å². The van der Waals surface area contributed by atoms with E-state index in [9.17, 15) is 9.13 Å². The van der Waals surface area contributed by atoms with E-state index < -0.39 is 16.5 Å². The molecule has 2 aliphatic rings. The smallest absolute Gasteiger partial charge is 0.111 e. The highest BCUT2D eigenvalue weighted by molar-refractivity contribution is 7.47. The SMILES string of the molecule is CCc1c(CC)c2c(CC)c(CC)c1CO[P+](=O)O[P+](=O)OC2. The summed E-state index contributed by atoms with van der Waals surface area (Å²) in [5, 5.41) is 0. The quantitative estimate of drug-likeness (QED) is 0.682. The van der Waals surface area contributed by atoms with Gasteiger partial charge in [0.15, 0.2) is 4.31 Å². The molecular weight excluding hydrogens is 334 g/mol. The molecule has 0 spiro atoms. The van der Waals surface area contributed by atoms with Gasteiger partial charge < -0.3 is 0 Å². The van der Waals surface area contributed by atoms with Crippen LogP contribution in [0.4, 0.5) is 0 Å². The van der Waals surface area contributed by atoms with Crippen molar-refractivity contribution in [3.8, 4) is 0 Å². The Kier molecular flexibility index (Phi) is 6.82. The Morgan fingerprint density at radius 1 is 0.696 bits per heavy atom. The van der Waals surface area contributed by atoms with Gasteiger partial charge in [0, 0.05) is 9.13 Å². The molecule has 1 aromatic rings. The topological polar surface area (TPSA) is 61.8 Å². The first kappa shape index (κ1) is 18.6. The first-order chi connectivity index (χ1) is 11.1. The van der Waals surface area contributed by atoms with E-state index in [1.165, 1.54) is 22.3 Å². The summed E-state index contributed by atoms with van der Waals surface area (Å²) in [6.45, 7) is 8.89. The van der Waals surface area contributed by atoms with Gasteiger partial charge in [-0.3, -0.25) is 0 Å². The Hall–Kier alpha value is -0.700. The number of rotatable bonds is 4. The molecule has 2 atom stereocenters. The molecule has 2 aliphatic heterocycles. The maximum Gasteiger partial charge on any atom is 0.748 e. The highest BCUT2D eigenvalue weighted by Crippen LogP contribution is 2.44. The van der Waals surface area contributed by atoms with Crippen molar-refractivity contribution in [1.82, 2.24) is 0 Å². The molecule has 0 radical (unpaired) electrons. The third-order valence-corrected chi connectivity index (χ3v) is 6.11.